The third-order valence-corrected chi connectivity index (χ3v) is 9.88. The van der Waals surface area contributed by atoms with E-state index in [9.17, 15) is 4.79 Å². The highest BCUT2D eigenvalue weighted by atomic mass is 35.5. The van der Waals surface area contributed by atoms with E-state index in [1.165, 1.54) is 49.8 Å². The van der Waals surface area contributed by atoms with Crippen LogP contribution in [-0.4, -0.2) is 44.2 Å². The molecule has 2 aromatic rings. The van der Waals surface area contributed by atoms with Crippen LogP contribution < -0.4 is 5.32 Å². The standard InChI is InChI=1S/C27H40ClN5OS/c1-17(2)26-31-30-18(3)33(26)22-15-20-9-10-21(16-22)32(20)14-13-23(24-11-12-25(28)35-24)29-27(34)19-7-5-4-6-8-19/h11-12,17,19-23H,4-10,13-16H2,1-3H3,(H,29,34)/t20-,21-,23-/m0/s1. The molecule has 0 spiro atoms. The molecule has 3 fully saturated rings. The number of thiophene rings is 1. The van der Waals surface area contributed by atoms with Crippen molar-refractivity contribution < 1.29 is 4.79 Å². The summed E-state index contributed by atoms with van der Waals surface area (Å²) in [6.45, 7) is 7.54. The van der Waals surface area contributed by atoms with E-state index in [1.54, 1.807) is 11.3 Å². The quantitative estimate of drug-likeness (QED) is 0.438. The number of amides is 1. The highest BCUT2D eigenvalue weighted by Crippen LogP contribution is 2.42. The topological polar surface area (TPSA) is 63.1 Å². The minimum absolute atomic E-state index is 0.0479. The predicted octanol–water partition coefficient (Wildman–Crippen LogP) is 6.42. The number of nitrogens with zero attached hydrogens (tertiary/aromatic N) is 4. The van der Waals surface area contributed by atoms with Gasteiger partial charge in [-0.3, -0.25) is 9.69 Å². The SMILES string of the molecule is Cc1nnc(C(C)C)n1C1C[C@@H]2CC[C@@H](C1)N2CC[C@H](NC(=O)C1CCCCC1)c1ccc(Cl)s1. The molecule has 2 bridgehead atoms. The van der Waals surface area contributed by atoms with Crippen molar-refractivity contribution in [2.45, 2.75) is 115 Å². The number of aryl methyl sites for hydroxylation is 1. The highest BCUT2D eigenvalue weighted by molar-refractivity contribution is 7.16. The van der Waals surface area contributed by atoms with E-state index in [0.29, 0.717) is 24.0 Å². The summed E-state index contributed by atoms with van der Waals surface area (Å²) in [5.41, 5.74) is 0. The molecular formula is C27H40ClN5OS. The van der Waals surface area contributed by atoms with Gasteiger partial charge >= 0.3 is 0 Å². The van der Waals surface area contributed by atoms with Crippen LogP contribution in [0.1, 0.15) is 113 Å². The van der Waals surface area contributed by atoms with Crippen molar-refractivity contribution in [1.82, 2.24) is 25.0 Å². The summed E-state index contributed by atoms with van der Waals surface area (Å²) in [5, 5.41) is 12.3. The fourth-order valence-corrected chi connectivity index (χ4v) is 7.93. The number of piperidine rings is 1. The van der Waals surface area contributed by atoms with Gasteiger partial charge in [0.2, 0.25) is 5.91 Å². The van der Waals surface area contributed by atoms with E-state index < -0.39 is 0 Å². The van der Waals surface area contributed by atoms with E-state index >= 15 is 0 Å². The summed E-state index contributed by atoms with van der Waals surface area (Å²) in [5.74, 6) is 2.98. The molecule has 4 heterocycles. The lowest BCUT2D eigenvalue weighted by Crippen LogP contribution is -2.45. The second kappa shape index (κ2) is 10.9. The van der Waals surface area contributed by atoms with Crippen LogP contribution in [0, 0.1) is 12.8 Å². The van der Waals surface area contributed by atoms with Crippen molar-refractivity contribution in [3.8, 4) is 0 Å². The third kappa shape index (κ3) is 5.47. The minimum atomic E-state index is 0.0479. The molecule has 0 unspecified atom stereocenters. The molecule has 0 aromatic carbocycles. The molecule has 1 aliphatic carbocycles. The Labute approximate surface area is 218 Å². The molecule has 3 aliphatic rings. The molecule has 2 aromatic heterocycles. The summed E-state index contributed by atoms with van der Waals surface area (Å²) in [7, 11) is 0. The average molecular weight is 518 g/mol. The van der Waals surface area contributed by atoms with Crippen LogP contribution in [0.4, 0.5) is 0 Å². The first-order valence-electron chi connectivity index (χ1n) is 13.6. The number of fused-ring (bicyclic) bond motifs is 2. The molecule has 2 saturated heterocycles. The first-order chi connectivity index (χ1) is 16.9. The normalized spacial score (nSPS) is 26.4. The number of hydrogen-bond acceptors (Lipinski definition) is 5. The highest BCUT2D eigenvalue weighted by Gasteiger charge is 2.42. The fourth-order valence-electron chi connectivity index (χ4n) is 6.79. The molecule has 0 radical (unpaired) electrons. The minimum Gasteiger partial charge on any atom is -0.348 e. The molecule has 1 saturated carbocycles. The van der Waals surface area contributed by atoms with Crippen molar-refractivity contribution >= 4 is 28.8 Å². The lowest BCUT2D eigenvalue weighted by atomic mass is 9.88. The Balaban J connectivity index is 1.25. The second-order valence-electron chi connectivity index (χ2n) is 11.2. The Kier molecular flexibility index (Phi) is 7.85. The van der Waals surface area contributed by atoms with E-state index in [0.717, 1.165) is 41.8 Å². The molecule has 6 nitrogen and oxygen atoms in total. The number of carbonyl (C=O) groups is 1. The van der Waals surface area contributed by atoms with Gasteiger partial charge in [-0.05, 0) is 64.0 Å². The van der Waals surface area contributed by atoms with E-state index in [-0.39, 0.29) is 17.9 Å². The van der Waals surface area contributed by atoms with Crippen LogP contribution in [-0.2, 0) is 4.79 Å². The van der Waals surface area contributed by atoms with Crippen molar-refractivity contribution in [3.63, 3.8) is 0 Å². The number of aromatic nitrogens is 3. The van der Waals surface area contributed by atoms with Crippen LogP contribution in [0.3, 0.4) is 0 Å². The summed E-state index contributed by atoms with van der Waals surface area (Å²) < 4.78 is 3.22. The fraction of sp³-hybridized carbons (Fsp3) is 0.741. The molecular weight excluding hydrogens is 478 g/mol. The first kappa shape index (κ1) is 25.2. The maximum absolute atomic E-state index is 13.1. The molecule has 192 valence electrons. The Morgan fingerprint density at radius 2 is 1.80 bits per heavy atom. The Morgan fingerprint density at radius 1 is 1.09 bits per heavy atom. The summed E-state index contributed by atoms with van der Waals surface area (Å²) in [6.07, 6.45) is 11.5. The number of rotatable bonds is 8. The Hall–Kier alpha value is -1.44. The largest absolute Gasteiger partial charge is 0.348 e. The number of carbonyl (C=O) groups excluding carboxylic acids is 1. The maximum atomic E-state index is 13.1. The van der Waals surface area contributed by atoms with Gasteiger partial charge in [0.05, 0.1) is 10.4 Å². The molecule has 2 aliphatic heterocycles. The number of nitrogens with one attached hydrogen (secondary N) is 1. The van der Waals surface area contributed by atoms with Crippen molar-refractivity contribution in [2.75, 3.05) is 6.54 Å². The van der Waals surface area contributed by atoms with Crippen molar-refractivity contribution in [1.29, 1.82) is 0 Å². The Bertz CT molecular complexity index is 999. The van der Waals surface area contributed by atoms with E-state index in [2.05, 4.69) is 51.8 Å². The van der Waals surface area contributed by atoms with Crippen LogP contribution in [0.2, 0.25) is 4.34 Å². The first-order valence-corrected chi connectivity index (χ1v) is 14.8. The monoisotopic (exact) mass is 517 g/mol. The van der Waals surface area contributed by atoms with Crippen molar-refractivity contribution in [2.24, 2.45) is 5.92 Å². The maximum Gasteiger partial charge on any atom is 0.223 e. The zero-order chi connectivity index (χ0) is 24.5. The number of halogens is 1. The van der Waals surface area contributed by atoms with Gasteiger partial charge in [0.25, 0.3) is 0 Å². The van der Waals surface area contributed by atoms with Gasteiger partial charge in [-0.25, -0.2) is 0 Å². The summed E-state index contributed by atoms with van der Waals surface area (Å²) >= 11 is 7.90. The van der Waals surface area contributed by atoms with Gasteiger partial charge in [0, 0.05) is 41.4 Å². The number of hydrogen-bond donors (Lipinski definition) is 1. The van der Waals surface area contributed by atoms with Crippen LogP contribution in [0.15, 0.2) is 12.1 Å². The van der Waals surface area contributed by atoms with Gasteiger partial charge in [0.1, 0.15) is 11.6 Å². The van der Waals surface area contributed by atoms with Crippen LogP contribution in [0.5, 0.6) is 0 Å². The molecule has 8 heteroatoms. The predicted molar refractivity (Wildman–Crippen MR) is 142 cm³/mol. The zero-order valence-corrected chi connectivity index (χ0v) is 23.0. The van der Waals surface area contributed by atoms with Gasteiger partial charge in [0.15, 0.2) is 0 Å². The third-order valence-electron chi connectivity index (χ3n) is 8.54. The Morgan fingerprint density at radius 3 is 2.43 bits per heavy atom. The van der Waals surface area contributed by atoms with E-state index in [1.807, 2.05) is 6.07 Å². The van der Waals surface area contributed by atoms with Crippen molar-refractivity contribution in [3.05, 3.63) is 33.0 Å². The van der Waals surface area contributed by atoms with Gasteiger partial charge in [-0.2, -0.15) is 0 Å². The van der Waals surface area contributed by atoms with Crippen LogP contribution >= 0.6 is 22.9 Å². The zero-order valence-electron chi connectivity index (χ0n) is 21.4. The summed E-state index contributed by atoms with van der Waals surface area (Å²) in [4.78, 5) is 17.0. The smallest absolute Gasteiger partial charge is 0.223 e. The van der Waals surface area contributed by atoms with Crippen LogP contribution in [0.25, 0.3) is 0 Å². The van der Waals surface area contributed by atoms with Gasteiger partial charge in [-0.1, -0.05) is 44.7 Å². The average Bonchev–Trinajstić information content (AvgIpc) is 3.52. The van der Waals surface area contributed by atoms with E-state index in [4.69, 9.17) is 11.6 Å². The lowest BCUT2D eigenvalue weighted by molar-refractivity contribution is -0.126. The van der Waals surface area contributed by atoms with Gasteiger partial charge in [-0.15, -0.1) is 21.5 Å². The second-order valence-corrected chi connectivity index (χ2v) is 13.0. The molecule has 3 atom stereocenters. The molecule has 5 rings (SSSR count). The lowest BCUT2D eigenvalue weighted by Gasteiger charge is -2.40. The van der Waals surface area contributed by atoms with Gasteiger partial charge < -0.3 is 9.88 Å². The molecule has 1 amide bonds. The summed E-state index contributed by atoms with van der Waals surface area (Å²) in [6, 6.07) is 5.80. The molecule has 1 N–H and O–H groups in total. The molecule has 35 heavy (non-hydrogen) atoms.